The first-order valence-electron chi connectivity index (χ1n) is 8.68. The van der Waals surface area contributed by atoms with E-state index in [1.807, 2.05) is 65.4 Å². The summed E-state index contributed by atoms with van der Waals surface area (Å²) in [5.74, 6) is -0.797. The highest BCUT2D eigenvalue weighted by atomic mass is 79.9. The summed E-state index contributed by atoms with van der Waals surface area (Å²) >= 11 is 3.27. The maximum Gasteiger partial charge on any atom is 0.286 e. The van der Waals surface area contributed by atoms with E-state index in [1.165, 1.54) is 0 Å². The van der Waals surface area contributed by atoms with Crippen LogP contribution in [0.5, 0.6) is 0 Å². The number of H-pyrrole nitrogens is 1. The summed E-state index contributed by atoms with van der Waals surface area (Å²) in [4.78, 5) is 27.6. The molecule has 0 atom stereocenters. The molecule has 2 aromatic carbocycles. The predicted octanol–water partition coefficient (Wildman–Crippen LogP) is 3.86. The van der Waals surface area contributed by atoms with Crippen LogP contribution in [0.3, 0.4) is 0 Å². The topological polar surface area (TPSA) is 78.9 Å². The van der Waals surface area contributed by atoms with Crippen LogP contribution in [-0.4, -0.2) is 21.4 Å². The third-order valence-corrected chi connectivity index (χ3v) is 4.87. The summed E-state index contributed by atoms with van der Waals surface area (Å²) in [5.41, 5.74) is 7.86. The van der Waals surface area contributed by atoms with Gasteiger partial charge in [0.2, 0.25) is 0 Å². The summed E-state index contributed by atoms with van der Waals surface area (Å²) in [6.45, 7) is 0.650. The molecule has 140 valence electrons. The van der Waals surface area contributed by atoms with Crippen molar-refractivity contribution in [3.05, 3.63) is 94.4 Å². The number of amides is 2. The molecular formula is C21H17BrN4O2. The third kappa shape index (κ3) is 3.70. The highest BCUT2D eigenvalue weighted by molar-refractivity contribution is 9.10. The number of nitrogens with zero attached hydrogens (tertiary/aromatic N) is 1. The van der Waals surface area contributed by atoms with Crippen molar-refractivity contribution in [2.24, 2.45) is 0 Å². The number of hydrogen-bond acceptors (Lipinski definition) is 2. The van der Waals surface area contributed by atoms with Gasteiger partial charge in [0.25, 0.3) is 11.8 Å². The molecule has 0 fully saturated rings. The second-order valence-electron chi connectivity index (χ2n) is 6.31. The monoisotopic (exact) mass is 436 g/mol. The molecule has 2 heterocycles. The Balaban J connectivity index is 1.56. The Hall–Kier alpha value is -3.32. The van der Waals surface area contributed by atoms with Crippen LogP contribution in [0.2, 0.25) is 0 Å². The number of fused-ring (bicyclic) bond motifs is 1. The van der Waals surface area contributed by atoms with Crippen molar-refractivity contribution < 1.29 is 9.59 Å². The molecule has 0 saturated heterocycles. The number of aromatic amines is 1. The van der Waals surface area contributed by atoms with Crippen LogP contribution in [0.25, 0.3) is 10.9 Å². The minimum absolute atomic E-state index is 0.346. The highest BCUT2D eigenvalue weighted by Crippen LogP contribution is 2.22. The third-order valence-electron chi connectivity index (χ3n) is 4.41. The quantitative estimate of drug-likeness (QED) is 0.424. The van der Waals surface area contributed by atoms with E-state index in [0.29, 0.717) is 17.8 Å². The largest absolute Gasteiger partial charge is 0.356 e. The Morgan fingerprint density at radius 3 is 2.43 bits per heavy atom. The van der Waals surface area contributed by atoms with Crippen LogP contribution in [0, 0.1) is 0 Å². The van der Waals surface area contributed by atoms with Gasteiger partial charge in [-0.1, -0.05) is 48.5 Å². The summed E-state index contributed by atoms with van der Waals surface area (Å²) in [6.07, 6.45) is 3.46. The van der Waals surface area contributed by atoms with Gasteiger partial charge in [-0.25, -0.2) is 0 Å². The Bertz CT molecular complexity index is 1150. The van der Waals surface area contributed by atoms with Crippen molar-refractivity contribution in [2.75, 3.05) is 0 Å². The summed E-state index contributed by atoms with van der Waals surface area (Å²) in [6, 6.07) is 19.4. The lowest BCUT2D eigenvalue weighted by atomic mass is 10.1. The zero-order chi connectivity index (χ0) is 19.5. The molecule has 7 heteroatoms. The van der Waals surface area contributed by atoms with Crippen molar-refractivity contribution in [1.82, 2.24) is 20.4 Å². The number of aromatic nitrogens is 2. The first kappa shape index (κ1) is 18.1. The van der Waals surface area contributed by atoms with E-state index < -0.39 is 5.91 Å². The SMILES string of the molecule is O=C(NNC(=O)c1cn(Cc2ccccc2)c2ccccc12)c1cc(Br)c[nH]1. The van der Waals surface area contributed by atoms with E-state index in [2.05, 4.69) is 31.8 Å². The zero-order valence-corrected chi connectivity index (χ0v) is 16.4. The molecule has 2 aromatic heterocycles. The van der Waals surface area contributed by atoms with Gasteiger partial charge >= 0.3 is 0 Å². The average molecular weight is 437 g/mol. The van der Waals surface area contributed by atoms with Crippen LogP contribution in [0.1, 0.15) is 26.4 Å². The van der Waals surface area contributed by atoms with Crippen molar-refractivity contribution >= 4 is 38.6 Å². The fourth-order valence-electron chi connectivity index (χ4n) is 3.09. The molecule has 4 rings (SSSR count). The fraction of sp³-hybridized carbons (Fsp3) is 0.0476. The van der Waals surface area contributed by atoms with Gasteiger partial charge < -0.3 is 9.55 Å². The van der Waals surface area contributed by atoms with Crippen LogP contribution in [-0.2, 0) is 6.54 Å². The maximum atomic E-state index is 12.7. The van der Waals surface area contributed by atoms with Gasteiger partial charge in [-0.05, 0) is 33.6 Å². The molecule has 0 aliphatic rings. The molecule has 3 N–H and O–H groups in total. The minimum atomic E-state index is -0.424. The Kier molecular flexibility index (Phi) is 4.99. The summed E-state index contributed by atoms with van der Waals surface area (Å²) in [7, 11) is 0. The molecule has 0 bridgehead atoms. The molecule has 0 unspecified atom stereocenters. The van der Waals surface area contributed by atoms with Gasteiger partial charge in [-0.3, -0.25) is 20.4 Å². The van der Waals surface area contributed by atoms with Crippen LogP contribution in [0.15, 0.2) is 77.5 Å². The zero-order valence-electron chi connectivity index (χ0n) is 14.8. The molecular weight excluding hydrogens is 420 g/mol. The van der Waals surface area contributed by atoms with Crippen LogP contribution >= 0.6 is 15.9 Å². The second-order valence-corrected chi connectivity index (χ2v) is 7.23. The molecule has 0 aliphatic heterocycles. The molecule has 28 heavy (non-hydrogen) atoms. The van der Waals surface area contributed by atoms with Crippen molar-refractivity contribution in [1.29, 1.82) is 0 Å². The molecule has 6 nitrogen and oxygen atoms in total. The lowest BCUT2D eigenvalue weighted by Crippen LogP contribution is -2.41. The van der Waals surface area contributed by atoms with Gasteiger partial charge in [-0.15, -0.1) is 0 Å². The lowest BCUT2D eigenvalue weighted by Gasteiger charge is -2.05. The lowest BCUT2D eigenvalue weighted by molar-refractivity contribution is 0.0845. The smallest absolute Gasteiger partial charge is 0.286 e. The molecule has 4 aromatic rings. The molecule has 0 aliphatic carbocycles. The van der Waals surface area contributed by atoms with E-state index in [4.69, 9.17) is 0 Å². The van der Waals surface area contributed by atoms with Gasteiger partial charge in [-0.2, -0.15) is 0 Å². The standard InChI is InChI=1S/C21H17BrN4O2/c22-15-10-18(23-11-15)21(28)25-24-20(27)17-13-26(12-14-6-2-1-3-7-14)19-9-5-4-8-16(17)19/h1-11,13,23H,12H2,(H,24,27)(H,25,28). The normalized spacial score (nSPS) is 10.8. The summed E-state index contributed by atoms with van der Waals surface area (Å²) in [5, 5.41) is 0.827. The Morgan fingerprint density at radius 1 is 0.964 bits per heavy atom. The number of carbonyl (C=O) groups excluding carboxylic acids is 2. The van der Waals surface area contributed by atoms with Crippen molar-refractivity contribution in [2.45, 2.75) is 6.54 Å². The van der Waals surface area contributed by atoms with Gasteiger partial charge in [0.15, 0.2) is 0 Å². The average Bonchev–Trinajstić information content (AvgIpc) is 3.31. The van der Waals surface area contributed by atoms with E-state index in [0.717, 1.165) is 20.9 Å². The number of carbonyl (C=O) groups is 2. The van der Waals surface area contributed by atoms with E-state index in [-0.39, 0.29) is 5.91 Å². The number of rotatable bonds is 4. The minimum Gasteiger partial charge on any atom is -0.356 e. The first-order chi connectivity index (χ1) is 13.6. The van der Waals surface area contributed by atoms with Crippen molar-refractivity contribution in [3.63, 3.8) is 0 Å². The maximum absolute atomic E-state index is 12.7. The number of para-hydroxylation sites is 1. The Morgan fingerprint density at radius 2 is 1.68 bits per heavy atom. The van der Waals surface area contributed by atoms with E-state index in [1.54, 1.807) is 12.3 Å². The van der Waals surface area contributed by atoms with E-state index in [9.17, 15) is 9.59 Å². The summed E-state index contributed by atoms with van der Waals surface area (Å²) < 4.78 is 2.79. The van der Waals surface area contributed by atoms with Gasteiger partial charge in [0, 0.05) is 34.3 Å². The number of hydrogen-bond donors (Lipinski definition) is 3. The number of hydrazine groups is 1. The van der Waals surface area contributed by atoms with Crippen LogP contribution in [0.4, 0.5) is 0 Å². The first-order valence-corrected chi connectivity index (χ1v) is 9.47. The van der Waals surface area contributed by atoms with Gasteiger partial charge in [0.05, 0.1) is 5.56 Å². The predicted molar refractivity (Wildman–Crippen MR) is 111 cm³/mol. The highest BCUT2D eigenvalue weighted by Gasteiger charge is 2.16. The van der Waals surface area contributed by atoms with Gasteiger partial charge in [0.1, 0.15) is 5.69 Å². The van der Waals surface area contributed by atoms with Crippen LogP contribution < -0.4 is 10.9 Å². The number of benzene rings is 2. The van der Waals surface area contributed by atoms with Crippen molar-refractivity contribution in [3.8, 4) is 0 Å². The molecule has 2 amide bonds. The second kappa shape index (κ2) is 7.74. The molecule has 0 spiro atoms. The Labute approximate surface area is 169 Å². The number of halogens is 1. The molecule has 0 radical (unpaired) electrons. The number of nitrogens with one attached hydrogen (secondary N) is 3. The fourth-order valence-corrected chi connectivity index (χ4v) is 3.43. The van der Waals surface area contributed by atoms with E-state index >= 15 is 0 Å². The molecule has 0 saturated carbocycles.